The molecule has 0 aliphatic carbocycles. The minimum Gasteiger partial charge on any atom is -0.465 e. The molecule has 0 bridgehead atoms. The zero-order valence-electron chi connectivity index (χ0n) is 11.5. The summed E-state index contributed by atoms with van der Waals surface area (Å²) in [5.41, 5.74) is 2.90. The van der Waals surface area contributed by atoms with E-state index in [0.29, 0.717) is 12.2 Å². The normalized spacial score (nSPS) is 20.6. The van der Waals surface area contributed by atoms with Gasteiger partial charge in [0, 0.05) is 0 Å². The van der Waals surface area contributed by atoms with E-state index in [1.165, 1.54) is 0 Å². The Bertz CT molecular complexity index is 530. The largest absolute Gasteiger partial charge is 0.465 e. The summed E-state index contributed by atoms with van der Waals surface area (Å²) < 4.78 is 5.41. The molecular weight excluding hydrogens is 258 g/mol. The van der Waals surface area contributed by atoms with Crippen molar-refractivity contribution in [1.82, 2.24) is 16.1 Å². The number of aryl methyl sites for hydroxylation is 1. The molecule has 1 aromatic rings. The van der Waals surface area contributed by atoms with Gasteiger partial charge in [-0.05, 0) is 51.1 Å². The van der Waals surface area contributed by atoms with Gasteiger partial charge in [-0.25, -0.2) is 0 Å². The van der Waals surface area contributed by atoms with E-state index in [0.717, 1.165) is 37.5 Å². The Hall–Kier alpha value is -1.79. The summed E-state index contributed by atoms with van der Waals surface area (Å²) in [4.78, 5) is 17.7. The second-order valence-corrected chi connectivity index (χ2v) is 5.27. The minimum atomic E-state index is -0.334. The summed E-state index contributed by atoms with van der Waals surface area (Å²) in [6.45, 7) is 4.05. The zero-order chi connectivity index (χ0) is 14.0. The molecular formula is C14H19N3O3. The Morgan fingerprint density at radius 1 is 1.40 bits per heavy atom. The number of nitrogens with one attached hydrogen (secondary N) is 3. The summed E-state index contributed by atoms with van der Waals surface area (Å²) >= 11 is 0. The van der Waals surface area contributed by atoms with Crippen molar-refractivity contribution >= 4 is 5.91 Å². The number of hydrogen-bond donors (Lipinski definition) is 3. The van der Waals surface area contributed by atoms with Gasteiger partial charge in [-0.2, -0.15) is 0 Å². The van der Waals surface area contributed by atoms with Gasteiger partial charge in [0.25, 0.3) is 5.91 Å². The van der Waals surface area contributed by atoms with Gasteiger partial charge in [0.2, 0.25) is 0 Å². The van der Waals surface area contributed by atoms with Gasteiger partial charge in [-0.3, -0.25) is 15.1 Å². The smallest absolute Gasteiger partial charge is 0.269 e. The lowest BCUT2D eigenvalue weighted by Crippen LogP contribution is -2.42. The van der Waals surface area contributed by atoms with Crippen molar-refractivity contribution in [3.8, 4) is 0 Å². The Morgan fingerprint density at radius 2 is 2.20 bits per heavy atom. The van der Waals surface area contributed by atoms with Crippen LogP contribution >= 0.6 is 0 Å². The fraction of sp³-hybridized carbons (Fsp3) is 0.500. The van der Waals surface area contributed by atoms with Gasteiger partial charge in [0.05, 0.1) is 6.54 Å². The van der Waals surface area contributed by atoms with Crippen LogP contribution in [0.25, 0.3) is 0 Å². The summed E-state index contributed by atoms with van der Waals surface area (Å²) in [5.74, 6) is 1.41. The molecule has 1 amide bonds. The van der Waals surface area contributed by atoms with E-state index >= 15 is 0 Å². The fourth-order valence-corrected chi connectivity index (χ4v) is 2.53. The van der Waals surface area contributed by atoms with Crippen molar-refractivity contribution in [3.05, 3.63) is 35.4 Å². The number of furan rings is 1. The molecule has 0 radical (unpaired) electrons. The number of carbonyl (C=O) groups excluding carboxylic acids is 1. The van der Waals surface area contributed by atoms with Crippen LogP contribution in [0.5, 0.6) is 0 Å². The van der Waals surface area contributed by atoms with E-state index < -0.39 is 0 Å². The molecule has 2 aliphatic rings. The number of hydroxylamine groups is 1. The Balaban J connectivity index is 1.58. The van der Waals surface area contributed by atoms with Gasteiger partial charge in [-0.1, -0.05) is 0 Å². The maximum atomic E-state index is 12.1. The average Bonchev–Trinajstić information content (AvgIpc) is 3.04. The van der Waals surface area contributed by atoms with Crippen LogP contribution in [0.3, 0.4) is 0 Å². The van der Waals surface area contributed by atoms with Gasteiger partial charge >= 0.3 is 0 Å². The Labute approximate surface area is 117 Å². The Kier molecular flexibility index (Phi) is 3.50. The van der Waals surface area contributed by atoms with E-state index in [1.54, 1.807) is 0 Å². The van der Waals surface area contributed by atoms with E-state index in [-0.39, 0.29) is 11.5 Å². The van der Waals surface area contributed by atoms with Crippen LogP contribution in [-0.4, -0.2) is 24.6 Å². The van der Waals surface area contributed by atoms with Crippen molar-refractivity contribution < 1.29 is 14.0 Å². The molecule has 20 heavy (non-hydrogen) atoms. The van der Waals surface area contributed by atoms with Crippen molar-refractivity contribution in [2.24, 2.45) is 0 Å². The first-order valence-corrected chi connectivity index (χ1v) is 6.88. The van der Waals surface area contributed by atoms with E-state index in [1.807, 2.05) is 25.1 Å². The maximum Gasteiger partial charge on any atom is 0.269 e. The van der Waals surface area contributed by atoms with Gasteiger partial charge < -0.3 is 15.1 Å². The molecule has 6 nitrogen and oxygen atoms in total. The van der Waals surface area contributed by atoms with Crippen molar-refractivity contribution in [1.29, 1.82) is 0 Å². The maximum absolute atomic E-state index is 12.1. The summed E-state index contributed by atoms with van der Waals surface area (Å²) in [5, 5.41) is 6.10. The molecule has 108 valence electrons. The van der Waals surface area contributed by atoms with Crippen LogP contribution in [-0.2, 0) is 16.2 Å². The fourth-order valence-electron chi connectivity index (χ4n) is 2.53. The van der Waals surface area contributed by atoms with Crippen LogP contribution in [0.15, 0.2) is 28.3 Å². The monoisotopic (exact) mass is 277 g/mol. The standard InChI is InChI=1S/C14H19N3O3/c1-10-2-3-11(19-10)9-16-13(18)12-8-14(20-17-12)4-6-15-7-5-14/h2-3,8,15,17H,4-7,9H2,1H3,(H,16,18). The van der Waals surface area contributed by atoms with Gasteiger partial charge in [-0.15, -0.1) is 0 Å². The molecule has 1 aromatic heterocycles. The number of rotatable bonds is 3. The summed E-state index contributed by atoms with van der Waals surface area (Å²) in [6.07, 6.45) is 3.64. The predicted octanol–water partition coefficient (Wildman–Crippen LogP) is 0.745. The Morgan fingerprint density at radius 3 is 2.90 bits per heavy atom. The number of hydrogen-bond acceptors (Lipinski definition) is 5. The molecule has 1 saturated heterocycles. The first kappa shape index (κ1) is 13.2. The van der Waals surface area contributed by atoms with Crippen molar-refractivity contribution in [2.45, 2.75) is 31.9 Å². The number of piperidine rings is 1. The average molecular weight is 277 g/mol. The lowest BCUT2D eigenvalue weighted by Gasteiger charge is -2.29. The third kappa shape index (κ3) is 2.71. The highest BCUT2D eigenvalue weighted by molar-refractivity contribution is 5.93. The van der Waals surface area contributed by atoms with Crippen molar-refractivity contribution in [2.75, 3.05) is 13.1 Å². The lowest BCUT2D eigenvalue weighted by atomic mass is 9.92. The van der Waals surface area contributed by atoms with Gasteiger partial charge in [0.15, 0.2) is 0 Å². The first-order valence-electron chi connectivity index (χ1n) is 6.88. The molecule has 0 atom stereocenters. The van der Waals surface area contributed by atoms with Crippen LogP contribution < -0.4 is 16.1 Å². The summed E-state index contributed by atoms with van der Waals surface area (Å²) in [6, 6.07) is 3.73. The van der Waals surface area contributed by atoms with E-state index in [4.69, 9.17) is 9.25 Å². The van der Waals surface area contributed by atoms with E-state index in [9.17, 15) is 4.79 Å². The molecule has 1 spiro atoms. The first-order chi connectivity index (χ1) is 9.67. The second kappa shape index (κ2) is 5.30. The molecule has 1 fully saturated rings. The highest BCUT2D eigenvalue weighted by atomic mass is 16.7. The molecule has 0 aromatic carbocycles. The van der Waals surface area contributed by atoms with Gasteiger partial charge in [0.1, 0.15) is 22.8 Å². The lowest BCUT2D eigenvalue weighted by molar-refractivity contribution is -0.120. The number of amides is 1. The minimum absolute atomic E-state index is 0.172. The molecule has 2 aliphatic heterocycles. The van der Waals surface area contributed by atoms with Crippen molar-refractivity contribution in [3.63, 3.8) is 0 Å². The predicted molar refractivity (Wildman–Crippen MR) is 72.4 cm³/mol. The van der Waals surface area contributed by atoms with Crippen LogP contribution in [0.4, 0.5) is 0 Å². The zero-order valence-corrected chi connectivity index (χ0v) is 11.5. The third-order valence-corrected chi connectivity index (χ3v) is 3.69. The molecule has 3 N–H and O–H groups in total. The highest BCUT2D eigenvalue weighted by Gasteiger charge is 2.37. The molecule has 3 rings (SSSR count). The topological polar surface area (TPSA) is 75.5 Å². The van der Waals surface area contributed by atoms with Crippen LogP contribution in [0.2, 0.25) is 0 Å². The van der Waals surface area contributed by atoms with E-state index in [2.05, 4.69) is 16.1 Å². The molecule has 0 unspecified atom stereocenters. The SMILES string of the molecule is Cc1ccc(CNC(=O)C2=CC3(CCNCC3)ON2)o1. The molecule has 0 saturated carbocycles. The summed E-state index contributed by atoms with van der Waals surface area (Å²) in [7, 11) is 0. The highest BCUT2D eigenvalue weighted by Crippen LogP contribution is 2.29. The molecule has 6 heteroatoms. The van der Waals surface area contributed by atoms with Crippen LogP contribution in [0.1, 0.15) is 24.4 Å². The third-order valence-electron chi connectivity index (χ3n) is 3.69. The second-order valence-electron chi connectivity index (χ2n) is 5.27. The number of carbonyl (C=O) groups is 1. The van der Waals surface area contributed by atoms with Crippen LogP contribution in [0, 0.1) is 6.92 Å². The quantitative estimate of drug-likeness (QED) is 0.760. The molecule has 3 heterocycles.